The highest BCUT2D eigenvalue weighted by atomic mass is 16.2. The average Bonchev–Trinajstić information content (AvgIpc) is 2.46. The van der Waals surface area contributed by atoms with Crippen LogP contribution in [0.15, 0.2) is 24.3 Å². The first kappa shape index (κ1) is 19.2. The summed E-state index contributed by atoms with van der Waals surface area (Å²) in [6.45, 7) is 11.2. The van der Waals surface area contributed by atoms with Gasteiger partial charge in [-0.1, -0.05) is 52.0 Å². The van der Waals surface area contributed by atoms with Gasteiger partial charge in [0.15, 0.2) is 6.54 Å². The number of carbonyl (C=O) groups excluding carboxylic acids is 1. The zero-order valence-corrected chi connectivity index (χ0v) is 15.2. The molecule has 2 atom stereocenters. The van der Waals surface area contributed by atoms with Gasteiger partial charge >= 0.3 is 0 Å². The largest absolute Gasteiger partial charge is 0.333 e. The lowest BCUT2D eigenvalue weighted by Crippen LogP contribution is -3.09. The first-order valence-corrected chi connectivity index (χ1v) is 8.30. The molecule has 0 fully saturated rings. The molecular weight excluding hydrogens is 286 g/mol. The highest BCUT2D eigenvalue weighted by molar-refractivity contribution is 5.78. The van der Waals surface area contributed by atoms with Crippen molar-refractivity contribution < 1.29 is 9.69 Å². The number of hydrogen-bond donors (Lipinski definition) is 2. The van der Waals surface area contributed by atoms with E-state index in [0.717, 1.165) is 11.4 Å². The fourth-order valence-electron chi connectivity index (χ4n) is 2.34. The van der Waals surface area contributed by atoms with E-state index < -0.39 is 5.54 Å². The van der Waals surface area contributed by atoms with Crippen LogP contribution in [0.25, 0.3) is 0 Å². The maximum absolute atomic E-state index is 12.2. The van der Waals surface area contributed by atoms with Crippen LogP contribution in [0.4, 0.5) is 0 Å². The van der Waals surface area contributed by atoms with Crippen LogP contribution in [0.2, 0.25) is 0 Å². The average molecular weight is 316 g/mol. The van der Waals surface area contributed by atoms with Gasteiger partial charge in [-0.3, -0.25) is 4.79 Å². The Hall–Kier alpha value is -1.86. The summed E-state index contributed by atoms with van der Waals surface area (Å²) in [4.78, 5) is 13.3. The number of quaternary nitrogens is 1. The Labute approximate surface area is 140 Å². The Balaban J connectivity index is 2.58. The lowest BCUT2D eigenvalue weighted by atomic mass is 9.90. The van der Waals surface area contributed by atoms with E-state index >= 15 is 0 Å². The van der Waals surface area contributed by atoms with E-state index in [-0.39, 0.29) is 11.8 Å². The molecule has 0 radical (unpaired) electrons. The number of benzene rings is 1. The van der Waals surface area contributed by atoms with Gasteiger partial charge < -0.3 is 10.2 Å². The molecule has 1 aromatic rings. The van der Waals surface area contributed by atoms with Crippen LogP contribution >= 0.6 is 0 Å². The summed E-state index contributed by atoms with van der Waals surface area (Å²) in [5.41, 5.74) is 1.73. The first-order valence-electron chi connectivity index (χ1n) is 8.30. The topological polar surface area (TPSA) is 57.3 Å². The summed E-state index contributed by atoms with van der Waals surface area (Å²) < 4.78 is 0. The monoisotopic (exact) mass is 316 g/mol. The highest BCUT2D eigenvalue weighted by Gasteiger charge is 2.30. The van der Waals surface area contributed by atoms with Gasteiger partial charge in [-0.2, -0.15) is 5.26 Å². The summed E-state index contributed by atoms with van der Waals surface area (Å²) in [7, 11) is 2.00. The predicted molar refractivity (Wildman–Crippen MR) is 93.0 cm³/mol. The van der Waals surface area contributed by atoms with Crippen LogP contribution in [0.5, 0.6) is 0 Å². The van der Waals surface area contributed by atoms with Crippen molar-refractivity contribution >= 4 is 5.91 Å². The molecule has 4 heteroatoms. The predicted octanol–water partition coefficient (Wildman–Crippen LogP) is 1.88. The number of hydrogen-bond acceptors (Lipinski definition) is 2. The van der Waals surface area contributed by atoms with Crippen molar-refractivity contribution in [1.82, 2.24) is 5.32 Å². The third-order valence-corrected chi connectivity index (χ3v) is 4.40. The summed E-state index contributed by atoms with van der Waals surface area (Å²) in [6, 6.07) is 10.8. The summed E-state index contributed by atoms with van der Waals surface area (Å²) >= 11 is 0. The molecule has 1 aromatic carbocycles. The quantitative estimate of drug-likeness (QED) is 0.807. The van der Waals surface area contributed by atoms with Crippen LogP contribution in [0.3, 0.4) is 0 Å². The maximum atomic E-state index is 12.2. The van der Waals surface area contributed by atoms with Crippen LogP contribution < -0.4 is 10.2 Å². The van der Waals surface area contributed by atoms with Gasteiger partial charge in [0.25, 0.3) is 5.91 Å². The second kappa shape index (κ2) is 8.12. The minimum absolute atomic E-state index is 0.0698. The zero-order valence-electron chi connectivity index (χ0n) is 15.2. The van der Waals surface area contributed by atoms with E-state index in [4.69, 9.17) is 0 Å². The van der Waals surface area contributed by atoms with Crippen LogP contribution in [0.1, 0.15) is 51.7 Å². The number of rotatable bonds is 7. The number of nitrogens with one attached hydrogen (secondary N) is 2. The summed E-state index contributed by atoms with van der Waals surface area (Å²) in [5.74, 6) is 0.513. The number of amides is 1. The molecule has 0 aliphatic heterocycles. The summed E-state index contributed by atoms with van der Waals surface area (Å²) in [6.07, 6.45) is 0. The molecule has 0 bridgehead atoms. The minimum atomic E-state index is -0.809. The van der Waals surface area contributed by atoms with E-state index in [2.05, 4.69) is 49.5 Å². The van der Waals surface area contributed by atoms with Crippen LogP contribution in [-0.2, 0) is 11.3 Å². The van der Waals surface area contributed by atoms with Crippen molar-refractivity contribution in [3.05, 3.63) is 35.4 Å². The summed E-state index contributed by atoms with van der Waals surface area (Å²) in [5, 5.41) is 12.1. The molecule has 0 spiro atoms. The first-order chi connectivity index (χ1) is 10.7. The molecule has 2 N–H and O–H groups in total. The Morgan fingerprint density at radius 3 is 2.26 bits per heavy atom. The molecule has 0 saturated carbocycles. The van der Waals surface area contributed by atoms with E-state index in [1.807, 2.05) is 20.9 Å². The Morgan fingerprint density at radius 1 is 1.26 bits per heavy atom. The molecule has 23 heavy (non-hydrogen) atoms. The van der Waals surface area contributed by atoms with Crippen molar-refractivity contribution in [1.29, 1.82) is 5.26 Å². The SMILES string of the molecule is CC(C)c1ccc(C[NH+](C)CC(=O)N[C@@](C)(C#N)C(C)C)cc1. The lowest BCUT2D eigenvalue weighted by molar-refractivity contribution is -0.885. The molecular formula is C19H30N3O+. The Kier molecular flexibility index (Phi) is 6.78. The van der Waals surface area contributed by atoms with Crippen molar-refractivity contribution in [3.8, 4) is 6.07 Å². The fraction of sp³-hybridized carbons (Fsp3) is 0.579. The van der Waals surface area contributed by atoms with Crippen molar-refractivity contribution in [2.75, 3.05) is 13.6 Å². The number of nitriles is 1. The van der Waals surface area contributed by atoms with Crippen molar-refractivity contribution in [2.24, 2.45) is 5.92 Å². The second-order valence-corrected chi connectivity index (χ2v) is 7.22. The van der Waals surface area contributed by atoms with Crippen molar-refractivity contribution in [2.45, 2.75) is 52.6 Å². The molecule has 1 amide bonds. The molecule has 0 aliphatic carbocycles. The van der Waals surface area contributed by atoms with Gasteiger partial charge in [0, 0.05) is 5.56 Å². The van der Waals surface area contributed by atoms with Gasteiger partial charge in [-0.05, 0) is 24.3 Å². The van der Waals surface area contributed by atoms with E-state index in [9.17, 15) is 10.1 Å². The number of nitrogens with zero attached hydrogens (tertiary/aromatic N) is 1. The lowest BCUT2D eigenvalue weighted by Gasteiger charge is -2.27. The third kappa shape index (κ3) is 5.69. The highest BCUT2D eigenvalue weighted by Crippen LogP contribution is 2.15. The van der Waals surface area contributed by atoms with Gasteiger partial charge in [0.2, 0.25) is 0 Å². The minimum Gasteiger partial charge on any atom is -0.333 e. The van der Waals surface area contributed by atoms with Gasteiger partial charge in [0.1, 0.15) is 12.1 Å². The number of carbonyl (C=O) groups is 1. The van der Waals surface area contributed by atoms with Gasteiger partial charge in [0.05, 0.1) is 13.1 Å². The van der Waals surface area contributed by atoms with Gasteiger partial charge in [-0.15, -0.1) is 0 Å². The van der Waals surface area contributed by atoms with Crippen LogP contribution in [-0.4, -0.2) is 25.0 Å². The van der Waals surface area contributed by atoms with E-state index in [1.165, 1.54) is 11.1 Å². The fourth-order valence-corrected chi connectivity index (χ4v) is 2.34. The van der Waals surface area contributed by atoms with E-state index in [1.54, 1.807) is 6.92 Å². The maximum Gasteiger partial charge on any atom is 0.276 e. The molecule has 0 heterocycles. The molecule has 0 aromatic heterocycles. The second-order valence-electron chi connectivity index (χ2n) is 7.22. The molecule has 1 rings (SSSR count). The van der Waals surface area contributed by atoms with Crippen molar-refractivity contribution in [3.63, 3.8) is 0 Å². The molecule has 0 saturated heterocycles. The molecule has 0 aliphatic rings. The number of likely N-dealkylation sites (N-methyl/N-ethyl adjacent to an activating group) is 1. The smallest absolute Gasteiger partial charge is 0.276 e. The van der Waals surface area contributed by atoms with E-state index in [0.29, 0.717) is 12.5 Å². The Bertz CT molecular complexity index is 557. The standard InChI is InChI=1S/C19H29N3O/c1-14(2)17-9-7-16(8-10-17)11-22(6)12-18(23)21-19(5,13-20)15(3)4/h7-10,14-15H,11-12H2,1-6H3,(H,21,23)/p+1/t19-/m0/s1. The molecule has 1 unspecified atom stereocenters. The van der Waals surface area contributed by atoms with Crippen LogP contribution in [0, 0.1) is 17.2 Å². The third-order valence-electron chi connectivity index (χ3n) is 4.40. The zero-order chi connectivity index (χ0) is 17.6. The Morgan fingerprint density at radius 2 is 1.83 bits per heavy atom. The van der Waals surface area contributed by atoms with Gasteiger partial charge in [-0.25, -0.2) is 0 Å². The normalized spacial score (nSPS) is 15.1. The molecule has 4 nitrogen and oxygen atoms in total. The molecule has 126 valence electrons.